The van der Waals surface area contributed by atoms with Crippen LogP contribution in [0, 0.1) is 11.3 Å². The second kappa shape index (κ2) is 7.48. The Morgan fingerprint density at radius 1 is 1.21 bits per heavy atom. The fourth-order valence-electron chi connectivity index (χ4n) is 2.65. The largest absolute Gasteiger partial charge is 0.389 e. The Bertz CT molecular complexity index is 246. The summed E-state index contributed by atoms with van der Waals surface area (Å²) in [5, 5.41) is 6.73. The monoisotopic (exact) mass is 280 g/mol. The quantitative estimate of drug-likeness (QED) is 0.699. The van der Waals surface area contributed by atoms with Crippen LogP contribution in [0.15, 0.2) is 0 Å². The van der Waals surface area contributed by atoms with Gasteiger partial charge in [0, 0.05) is 13.0 Å². The zero-order valence-corrected chi connectivity index (χ0v) is 12.1. The lowest BCUT2D eigenvalue weighted by Crippen LogP contribution is -2.43. The van der Waals surface area contributed by atoms with E-state index in [9.17, 15) is 13.2 Å². The second-order valence-electron chi connectivity index (χ2n) is 6.28. The normalized spacial score (nSPS) is 21.6. The first kappa shape index (κ1) is 16.8. The van der Waals surface area contributed by atoms with Crippen LogP contribution in [-0.2, 0) is 0 Å². The van der Waals surface area contributed by atoms with Gasteiger partial charge in [-0.25, -0.2) is 0 Å². The van der Waals surface area contributed by atoms with Gasteiger partial charge in [-0.15, -0.1) is 0 Å². The van der Waals surface area contributed by atoms with Gasteiger partial charge in [-0.1, -0.05) is 13.8 Å². The van der Waals surface area contributed by atoms with Gasteiger partial charge in [-0.2, -0.15) is 13.2 Å². The van der Waals surface area contributed by atoms with Gasteiger partial charge in [-0.05, 0) is 56.7 Å². The smallest absolute Gasteiger partial charge is 0.316 e. The van der Waals surface area contributed by atoms with Gasteiger partial charge >= 0.3 is 6.18 Å². The van der Waals surface area contributed by atoms with E-state index in [0.29, 0.717) is 18.9 Å². The second-order valence-corrected chi connectivity index (χ2v) is 6.28. The van der Waals surface area contributed by atoms with Crippen molar-refractivity contribution in [1.82, 2.24) is 10.6 Å². The van der Waals surface area contributed by atoms with E-state index in [1.807, 2.05) is 0 Å². The molecule has 0 aromatic rings. The molecular formula is C14H27F3N2. The highest BCUT2D eigenvalue weighted by atomic mass is 19.4. The topological polar surface area (TPSA) is 24.1 Å². The maximum absolute atomic E-state index is 12.0. The maximum atomic E-state index is 12.0. The van der Waals surface area contributed by atoms with E-state index in [4.69, 9.17) is 0 Å². The first-order chi connectivity index (χ1) is 8.81. The Labute approximate surface area is 114 Å². The number of rotatable bonds is 7. The molecule has 5 heteroatoms. The minimum absolute atomic E-state index is 0.206. The molecule has 0 aliphatic carbocycles. The number of hydrogen-bond donors (Lipinski definition) is 2. The highest BCUT2D eigenvalue weighted by molar-refractivity contribution is 4.84. The minimum Gasteiger partial charge on any atom is -0.316 e. The summed E-state index contributed by atoms with van der Waals surface area (Å²) >= 11 is 0. The molecule has 114 valence electrons. The third kappa shape index (κ3) is 7.16. The fraction of sp³-hybridized carbons (Fsp3) is 1.00. The van der Waals surface area contributed by atoms with E-state index in [-0.39, 0.29) is 11.8 Å². The third-order valence-electron chi connectivity index (χ3n) is 4.05. The van der Waals surface area contributed by atoms with Crippen molar-refractivity contribution in [3.05, 3.63) is 0 Å². The van der Waals surface area contributed by atoms with Gasteiger partial charge in [0.2, 0.25) is 0 Å². The average Bonchev–Trinajstić information content (AvgIpc) is 2.33. The van der Waals surface area contributed by atoms with Crippen molar-refractivity contribution in [2.24, 2.45) is 11.3 Å². The molecule has 0 bridgehead atoms. The Kier molecular flexibility index (Phi) is 6.60. The molecule has 1 aliphatic rings. The number of nitrogens with one attached hydrogen (secondary N) is 2. The molecule has 0 amide bonds. The first-order valence-corrected chi connectivity index (χ1v) is 7.29. The van der Waals surface area contributed by atoms with Crippen LogP contribution >= 0.6 is 0 Å². The van der Waals surface area contributed by atoms with Crippen molar-refractivity contribution in [2.75, 3.05) is 26.2 Å². The molecule has 1 heterocycles. The minimum atomic E-state index is -4.01. The van der Waals surface area contributed by atoms with Crippen LogP contribution in [0.4, 0.5) is 13.2 Å². The van der Waals surface area contributed by atoms with Crippen LogP contribution in [0.1, 0.15) is 46.0 Å². The van der Waals surface area contributed by atoms with Crippen molar-refractivity contribution >= 4 is 0 Å². The number of halogens is 3. The molecule has 1 atom stereocenters. The fourth-order valence-corrected chi connectivity index (χ4v) is 2.65. The molecule has 1 fully saturated rings. The van der Waals surface area contributed by atoms with E-state index in [2.05, 4.69) is 24.5 Å². The van der Waals surface area contributed by atoms with Gasteiger partial charge in [0.15, 0.2) is 0 Å². The SMILES string of the molecule is CC(C)(CNCCCCC(F)(F)F)C1CCCNC1. The number of hydrogen-bond acceptors (Lipinski definition) is 2. The van der Waals surface area contributed by atoms with Crippen molar-refractivity contribution in [3.63, 3.8) is 0 Å². The van der Waals surface area contributed by atoms with Crippen molar-refractivity contribution in [1.29, 1.82) is 0 Å². The molecule has 1 unspecified atom stereocenters. The van der Waals surface area contributed by atoms with Crippen LogP contribution in [-0.4, -0.2) is 32.4 Å². The van der Waals surface area contributed by atoms with Gasteiger partial charge < -0.3 is 10.6 Å². The predicted molar refractivity (Wildman–Crippen MR) is 72.2 cm³/mol. The van der Waals surface area contributed by atoms with E-state index in [1.165, 1.54) is 12.8 Å². The molecule has 2 nitrogen and oxygen atoms in total. The summed E-state index contributed by atoms with van der Waals surface area (Å²) in [7, 11) is 0. The summed E-state index contributed by atoms with van der Waals surface area (Å²) in [6.07, 6.45) is -1.38. The number of piperidine rings is 1. The summed E-state index contributed by atoms with van der Waals surface area (Å²) in [5.74, 6) is 0.656. The van der Waals surface area contributed by atoms with Gasteiger partial charge in [0.25, 0.3) is 0 Å². The summed E-state index contributed by atoms with van der Waals surface area (Å²) < 4.78 is 35.9. The molecule has 1 rings (SSSR count). The van der Waals surface area contributed by atoms with E-state index >= 15 is 0 Å². The summed E-state index contributed by atoms with van der Waals surface area (Å²) in [6, 6.07) is 0. The van der Waals surface area contributed by atoms with Crippen molar-refractivity contribution in [2.45, 2.75) is 52.1 Å². The lowest BCUT2D eigenvalue weighted by Gasteiger charge is -2.37. The lowest BCUT2D eigenvalue weighted by molar-refractivity contribution is -0.135. The lowest BCUT2D eigenvalue weighted by atomic mass is 9.75. The Balaban J connectivity index is 2.10. The van der Waals surface area contributed by atoms with Gasteiger partial charge in [0.1, 0.15) is 0 Å². The van der Waals surface area contributed by atoms with Gasteiger partial charge in [-0.3, -0.25) is 0 Å². The van der Waals surface area contributed by atoms with E-state index in [0.717, 1.165) is 19.6 Å². The molecule has 0 radical (unpaired) electrons. The molecule has 0 saturated carbocycles. The first-order valence-electron chi connectivity index (χ1n) is 7.29. The van der Waals surface area contributed by atoms with E-state index < -0.39 is 12.6 Å². The molecule has 2 N–H and O–H groups in total. The standard InChI is InChI=1S/C14H27F3N2/c1-13(2,12-6-5-9-18-10-12)11-19-8-4-3-7-14(15,16)17/h12,18-19H,3-11H2,1-2H3. The number of alkyl halides is 3. The predicted octanol–water partition coefficient (Wildman–Crippen LogP) is 3.33. The molecule has 0 spiro atoms. The van der Waals surface area contributed by atoms with Crippen LogP contribution in [0.3, 0.4) is 0 Å². The molecular weight excluding hydrogens is 253 g/mol. The zero-order valence-electron chi connectivity index (χ0n) is 12.1. The summed E-state index contributed by atoms with van der Waals surface area (Å²) in [6.45, 7) is 8.21. The van der Waals surface area contributed by atoms with Crippen LogP contribution in [0.5, 0.6) is 0 Å². The van der Waals surface area contributed by atoms with Crippen molar-refractivity contribution < 1.29 is 13.2 Å². The molecule has 19 heavy (non-hydrogen) atoms. The van der Waals surface area contributed by atoms with E-state index in [1.54, 1.807) is 0 Å². The highest BCUT2D eigenvalue weighted by Gasteiger charge is 2.30. The Morgan fingerprint density at radius 3 is 2.53 bits per heavy atom. The van der Waals surface area contributed by atoms with Crippen LogP contribution in [0.25, 0.3) is 0 Å². The molecule has 0 aromatic carbocycles. The molecule has 1 saturated heterocycles. The van der Waals surface area contributed by atoms with Crippen LogP contribution < -0.4 is 10.6 Å². The maximum Gasteiger partial charge on any atom is 0.389 e. The Morgan fingerprint density at radius 2 is 1.95 bits per heavy atom. The summed E-state index contributed by atoms with van der Waals surface area (Å²) in [4.78, 5) is 0. The van der Waals surface area contributed by atoms with Crippen LogP contribution in [0.2, 0.25) is 0 Å². The molecule has 0 aromatic heterocycles. The highest BCUT2D eigenvalue weighted by Crippen LogP contribution is 2.31. The third-order valence-corrected chi connectivity index (χ3v) is 4.05. The number of unbranched alkanes of at least 4 members (excludes halogenated alkanes) is 1. The average molecular weight is 280 g/mol. The molecule has 1 aliphatic heterocycles. The van der Waals surface area contributed by atoms with Gasteiger partial charge in [0.05, 0.1) is 0 Å². The zero-order chi connectivity index (χ0) is 14.4. The summed E-state index contributed by atoms with van der Waals surface area (Å²) in [5.41, 5.74) is 0.206. The Hall–Kier alpha value is -0.290. The van der Waals surface area contributed by atoms with Crippen molar-refractivity contribution in [3.8, 4) is 0 Å².